The van der Waals surface area contributed by atoms with Crippen molar-refractivity contribution in [2.45, 2.75) is 25.8 Å². The van der Waals surface area contributed by atoms with Crippen LogP contribution in [0.15, 0.2) is 42.6 Å². The van der Waals surface area contributed by atoms with E-state index in [1.54, 1.807) is 18.9 Å². The van der Waals surface area contributed by atoms with Gasteiger partial charge in [0.15, 0.2) is 11.5 Å². The van der Waals surface area contributed by atoms with Gasteiger partial charge in [-0.15, -0.1) is 0 Å². The summed E-state index contributed by atoms with van der Waals surface area (Å²) in [4.78, 5) is 12.7. The van der Waals surface area contributed by atoms with Crippen molar-refractivity contribution in [3.05, 3.63) is 59.4 Å². The first-order valence-electron chi connectivity index (χ1n) is 10.3. The number of rotatable bonds is 6. The van der Waals surface area contributed by atoms with Crippen LogP contribution in [0, 0.1) is 6.92 Å². The van der Waals surface area contributed by atoms with Crippen molar-refractivity contribution >= 4 is 5.91 Å². The molecule has 1 aliphatic heterocycles. The molecule has 7 heteroatoms. The Morgan fingerprint density at radius 2 is 1.90 bits per heavy atom. The summed E-state index contributed by atoms with van der Waals surface area (Å²) in [5, 5.41) is 7.49. The Bertz CT molecular complexity index is 1110. The van der Waals surface area contributed by atoms with E-state index in [9.17, 15) is 4.79 Å². The first-order chi connectivity index (χ1) is 15.0. The lowest BCUT2D eigenvalue weighted by molar-refractivity contribution is -0.121. The minimum absolute atomic E-state index is 0.0227. The number of carbonyl (C=O) groups is 1. The quantitative estimate of drug-likeness (QED) is 0.658. The molecule has 0 saturated heterocycles. The molecule has 31 heavy (non-hydrogen) atoms. The summed E-state index contributed by atoms with van der Waals surface area (Å²) in [7, 11) is 5.10. The zero-order chi connectivity index (χ0) is 22.0. The predicted molar refractivity (Wildman–Crippen MR) is 118 cm³/mol. The van der Waals surface area contributed by atoms with Crippen LogP contribution in [0.2, 0.25) is 0 Å². The van der Waals surface area contributed by atoms with Gasteiger partial charge in [-0.3, -0.25) is 9.48 Å². The monoisotopic (exact) mass is 421 g/mol. The van der Waals surface area contributed by atoms with E-state index in [1.807, 2.05) is 50.5 Å². The van der Waals surface area contributed by atoms with Crippen LogP contribution < -0.4 is 19.5 Å². The van der Waals surface area contributed by atoms with Crippen molar-refractivity contribution in [1.82, 2.24) is 15.1 Å². The minimum atomic E-state index is -0.103. The van der Waals surface area contributed by atoms with E-state index in [0.717, 1.165) is 40.1 Å². The molecule has 0 fully saturated rings. The smallest absolute Gasteiger partial charge is 0.225 e. The minimum Gasteiger partial charge on any atom is -0.493 e. The fourth-order valence-corrected chi connectivity index (χ4v) is 3.98. The number of nitrogens with one attached hydrogen (secondary N) is 1. The molecule has 0 bridgehead atoms. The highest BCUT2D eigenvalue weighted by Gasteiger charge is 2.24. The number of aromatic nitrogens is 2. The van der Waals surface area contributed by atoms with Gasteiger partial charge in [-0.25, -0.2) is 0 Å². The number of ether oxygens (including phenoxy) is 3. The van der Waals surface area contributed by atoms with Crippen LogP contribution in [0.4, 0.5) is 0 Å². The number of hydrogen-bond donors (Lipinski definition) is 1. The van der Waals surface area contributed by atoms with E-state index in [2.05, 4.69) is 16.5 Å². The number of methoxy groups -OCH3 is 2. The Morgan fingerprint density at radius 1 is 1.16 bits per heavy atom. The van der Waals surface area contributed by atoms with Gasteiger partial charge in [0.25, 0.3) is 0 Å². The molecule has 162 valence electrons. The normalized spacial score (nSPS) is 15.0. The average molecular weight is 421 g/mol. The van der Waals surface area contributed by atoms with Crippen LogP contribution in [0.3, 0.4) is 0 Å². The highest BCUT2D eigenvalue weighted by molar-refractivity contribution is 5.79. The van der Waals surface area contributed by atoms with Gasteiger partial charge in [-0.1, -0.05) is 12.1 Å². The third kappa shape index (κ3) is 4.35. The summed E-state index contributed by atoms with van der Waals surface area (Å²) < 4.78 is 18.4. The molecule has 1 unspecified atom stereocenters. The maximum atomic E-state index is 12.7. The number of carbonyl (C=O) groups excluding carboxylic acids is 1. The van der Waals surface area contributed by atoms with Gasteiger partial charge < -0.3 is 19.5 Å². The van der Waals surface area contributed by atoms with Gasteiger partial charge in [0, 0.05) is 30.8 Å². The van der Waals surface area contributed by atoms with Crippen LogP contribution in [0.25, 0.3) is 11.1 Å². The second kappa shape index (κ2) is 8.71. The topological polar surface area (TPSA) is 74.6 Å². The Labute approximate surface area is 181 Å². The molecule has 2 aromatic carbocycles. The molecule has 4 rings (SSSR count). The second-order valence-corrected chi connectivity index (χ2v) is 7.67. The van der Waals surface area contributed by atoms with Crippen LogP contribution in [-0.2, 0) is 18.3 Å². The first kappa shape index (κ1) is 20.8. The summed E-state index contributed by atoms with van der Waals surface area (Å²) >= 11 is 0. The largest absolute Gasteiger partial charge is 0.493 e. The summed E-state index contributed by atoms with van der Waals surface area (Å²) in [5.74, 6) is 2.14. The molecule has 0 saturated carbocycles. The zero-order valence-corrected chi connectivity index (χ0v) is 18.3. The van der Waals surface area contributed by atoms with Gasteiger partial charge >= 0.3 is 0 Å². The van der Waals surface area contributed by atoms with E-state index in [0.29, 0.717) is 24.5 Å². The van der Waals surface area contributed by atoms with E-state index < -0.39 is 0 Å². The molecule has 1 amide bonds. The Balaban J connectivity index is 1.58. The molecular weight excluding hydrogens is 394 g/mol. The Kier molecular flexibility index (Phi) is 5.84. The molecular formula is C24H27N3O4. The maximum Gasteiger partial charge on any atom is 0.225 e. The van der Waals surface area contributed by atoms with Crippen LogP contribution in [0.5, 0.6) is 17.2 Å². The van der Waals surface area contributed by atoms with E-state index in [4.69, 9.17) is 14.2 Å². The molecule has 1 aromatic heterocycles. The lowest BCUT2D eigenvalue weighted by Crippen LogP contribution is -2.33. The third-order valence-corrected chi connectivity index (χ3v) is 5.57. The number of benzene rings is 2. The SMILES string of the molecule is COc1ccc(-c2ccc3c(c2)C(NC(=O)Cc2cn(C)nc2C)CCO3)cc1OC. The van der Waals surface area contributed by atoms with Crippen molar-refractivity contribution in [1.29, 1.82) is 0 Å². The van der Waals surface area contributed by atoms with Crippen LogP contribution >= 0.6 is 0 Å². The van der Waals surface area contributed by atoms with Crippen molar-refractivity contribution in [2.24, 2.45) is 7.05 Å². The summed E-state index contributed by atoms with van der Waals surface area (Å²) in [6.45, 7) is 2.49. The zero-order valence-electron chi connectivity index (χ0n) is 18.3. The molecule has 0 radical (unpaired) electrons. The second-order valence-electron chi connectivity index (χ2n) is 7.67. The first-order valence-corrected chi connectivity index (χ1v) is 10.3. The number of nitrogens with zero attached hydrogens (tertiary/aromatic N) is 2. The molecule has 7 nitrogen and oxygen atoms in total. The fraction of sp³-hybridized carbons (Fsp3) is 0.333. The summed E-state index contributed by atoms with van der Waals surface area (Å²) in [5.41, 5.74) is 4.82. The highest BCUT2D eigenvalue weighted by atomic mass is 16.5. The van der Waals surface area contributed by atoms with Crippen molar-refractivity contribution in [3.63, 3.8) is 0 Å². The third-order valence-electron chi connectivity index (χ3n) is 5.57. The number of amides is 1. The van der Waals surface area contributed by atoms with Gasteiger partial charge in [-0.05, 0) is 42.3 Å². The standard InChI is InChI=1S/C24H27N3O4/c1-15-18(14-27(2)26-15)13-24(28)25-20-9-10-31-21-7-5-16(11-19(20)21)17-6-8-22(29-3)23(12-17)30-4/h5-8,11-12,14,20H,9-10,13H2,1-4H3,(H,25,28). The van der Waals surface area contributed by atoms with Gasteiger partial charge in [-0.2, -0.15) is 5.10 Å². The molecule has 0 spiro atoms. The van der Waals surface area contributed by atoms with E-state index >= 15 is 0 Å². The summed E-state index contributed by atoms with van der Waals surface area (Å²) in [6.07, 6.45) is 2.92. The number of hydrogen-bond acceptors (Lipinski definition) is 5. The summed E-state index contributed by atoms with van der Waals surface area (Å²) in [6, 6.07) is 11.8. The maximum absolute atomic E-state index is 12.7. The number of fused-ring (bicyclic) bond motifs is 1. The van der Waals surface area contributed by atoms with Gasteiger partial charge in [0.2, 0.25) is 5.91 Å². The molecule has 1 aliphatic rings. The molecule has 1 N–H and O–H groups in total. The lowest BCUT2D eigenvalue weighted by Gasteiger charge is -2.27. The van der Waals surface area contributed by atoms with E-state index in [-0.39, 0.29) is 11.9 Å². The van der Waals surface area contributed by atoms with Crippen molar-refractivity contribution in [2.75, 3.05) is 20.8 Å². The van der Waals surface area contributed by atoms with E-state index in [1.165, 1.54) is 0 Å². The Hall–Kier alpha value is -3.48. The Morgan fingerprint density at radius 3 is 2.61 bits per heavy atom. The highest BCUT2D eigenvalue weighted by Crippen LogP contribution is 2.38. The number of aryl methyl sites for hydroxylation is 2. The van der Waals surface area contributed by atoms with Gasteiger partial charge in [0.05, 0.1) is 39.0 Å². The molecule has 1 atom stereocenters. The lowest BCUT2D eigenvalue weighted by atomic mass is 9.95. The molecule has 0 aliphatic carbocycles. The van der Waals surface area contributed by atoms with Crippen molar-refractivity contribution < 1.29 is 19.0 Å². The average Bonchev–Trinajstić information content (AvgIpc) is 3.09. The predicted octanol–water partition coefficient (Wildman–Crippen LogP) is 3.60. The fourth-order valence-electron chi connectivity index (χ4n) is 3.98. The van der Waals surface area contributed by atoms with Crippen LogP contribution in [0.1, 0.15) is 29.3 Å². The molecule has 3 aromatic rings. The van der Waals surface area contributed by atoms with Crippen LogP contribution in [-0.4, -0.2) is 36.5 Å². The molecule has 2 heterocycles. The van der Waals surface area contributed by atoms with Gasteiger partial charge in [0.1, 0.15) is 5.75 Å². The van der Waals surface area contributed by atoms with Crippen molar-refractivity contribution in [3.8, 4) is 28.4 Å².